The van der Waals surface area contributed by atoms with Gasteiger partial charge >= 0.3 is 5.97 Å². The number of carbonyl (C=O) groups excluding carboxylic acids is 1. The Hall–Kier alpha value is -1.88. The van der Waals surface area contributed by atoms with Gasteiger partial charge in [-0.05, 0) is 51.2 Å². The molecule has 1 aliphatic carbocycles. The van der Waals surface area contributed by atoms with Gasteiger partial charge in [0.1, 0.15) is 11.6 Å². The van der Waals surface area contributed by atoms with Crippen molar-refractivity contribution in [3.8, 4) is 6.07 Å². The molecule has 0 aromatic carbocycles. The summed E-state index contributed by atoms with van der Waals surface area (Å²) in [5.41, 5.74) is 1.88. The smallest absolute Gasteiger partial charge is 0.349 e. The van der Waals surface area contributed by atoms with Gasteiger partial charge in [0.2, 0.25) is 0 Å². The molecule has 1 heterocycles. The molecule has 7 heteroatoms. The van der Waals surface area contributed by atoms with Crippen molar-refractivity contribution in [2.24, 2.45) is 0 Å². The topological polar surface area (TPSA) is 89.8 Å². The van der Waals surface area contributed by atoms with E-state index in [0.717, 1.165) is 37.1 Å². The first-order valence-corrected chi connectivity index (χ1v) is 9.50. The number of rotatable bonds is 9. The van der Waals surface area contributed by atoms with Crippen LogP contribution in [0.15, 0.2) is 22.9 Å². The third kappa shape index (κ3) is 6.98. The second-order valence-corrected chi connectivity index (χ2v) is 7.18. The minimum atomic E-state index is -0.589. The molecule has 1 aliphatic heterocycles. The van der Waals surface area contributed by atoms with Crippen LogP contribution in [0.1, 0.15) is 46.0 Å². The van der Waals surface area contributed by atoms with E-state index in [1.54, 1.807) is 7.11 Å². The van der Waals surface area contributed by atoms with E-state index in [9.17, 15) is 10.1 Å². The average molecular weight is 378 g/mol. The van der Waals surface area contributed by atoms with Crippen molar-refractivity contribution in [2.45, 2.75) is 57.8 Å². The van der Waals surface area contributed by atoms with Gasteiger partial charge in [-0.15, -0.1) is 0 Å². The minimum Gasteiger partial charge on any atom is -0.461 e. The number of hydrogen-bond acceptors (Lipinski definition) is 7. The Morgan fingerprint density at radius 3 is 2.89 bits per heavy atom. The molecule has 0 amide bonds. The molecule has 150 valence electrons. The molecule has 1 unspecified atom stereocenters. The number of hydrogen-bond donors (Lipinski definition) is 1. The summed E-state index contributed by atoms with van der Waals surface area (Å²) in [5.74, 6) is -1.16. The van der Waals surface area contributed by atoms with E-state index < -0.39 is 11.8 Å². The van der Waals surface area contributed by atoms with E-state index in [2.05, 4.69) is 5.32 Å². The summed E-state index contributed by atoms with van der Waals surface area (Å²) >= 11 is 0. The van der Waals surface area contributed by atoms with Gasteiger partial charge in [0.25, 0.3) is 0 Å². The lowest BCUT2D eigenvalue weighted by Crippen LogP contribution is -2.22. The van der Waals surface area contributed by atoms with Gasteiger partial charge in [-0.2, -0.15) is 5.26 Å². The van der Waals surface area contributed by atoms with Gasteiger partial charge in [-0.1, -0.05) is 0 Å². The largest absolute Gasteiger partial charge is 0.461 e. The fraction of sp³-hybridized carbons (Fsp3) is 0.700. The van der Waals surface area contributed by atoms with Crippen LogP contribution in [0, 0.1) is 11.3 Å². The lowest BCUT2D eigenvalue weighted by Gasteiger charge is -2.18. The second-order valence-electron chi connectivity index (χ2n) is 7.18. The summed E-state index contributed by atoms with van der Waals surface area (Å²) in [6, 6.07) is 2.02. The molecule has 2 rings (SSSR count). The Kier molecular flexibility index (Phi) is 8.29. The fourth-order valence-electron chi connectivity index (χ4n) is 3.14. The maximum Gasteiger partial charge on any atom is 0.349 e. The molecule has 1 N–H and O–H groups in total. The molecule has 0 saturated carbocycles. The van der Waals surface area contributed by atoms with Gasteiger partial charge in [0, 0.05) is 32.4 Å². The highest BCUT2D eigenvalue weighted by atomic mass is 16.7. The molecule has 1 fully saturated rings. The highest BCUT2D eigenvalue weighted by Crippen LogP contribution is 2.25. The number of methoxy groups -OCH3 is 1. The number of nitrogens with one attached hydrogen (secondary N) is 1. The number of ether oxygens (including phenoxy) is 4. The summed E-state index contributed by atoms with van der Waals surface area (Å²) in [6.07, 6.45) is 5.79. The van der Waals surface area contributed by atoms with Crippen LogP contribution in [0.25, 0.3) is 0 Å². The van der Waals surface area contributed by atoms with Crippen molar-refractivity contribution in [1.29, 1.82) is 5.26 Å². The summed E-state index contributed by atoms with van der Waals surface area (Å²) < 4.78 is 21.5. The molecule has 0 aromatic heterocycles. The summed E-state index contributed by atoms with van der Waals surface area (Å²) in [7, 11) is 1.68. The summed E-state index contributed by atoms with van der Waals surface area (Å²) in [6.45, 7) is 5.90. The van der Waals surface area contributed by atoms with Crippen molar-refractivity contribution in [3.63, 3.8) is 0 Å². The number of nitriles is 1. The first kappa shape index (κ1) is 21.4. The molecule has 0 radical (unpaired) electrons. The highest BCUT2D eigenvalue weighted by Gasteiger charge is 2.32. The average Bonchev–Trinajstić information content (AvgIpc) is 2.99. The van der Waals surface area contributed by atoms with Crippen molar-refractivity contribution in [2.75, 3.05) is 33.5 Å². The van der Waals surface area contributed by atoms with Crippen LogP contribution in [-0.2, 0) is 23.7 Å². The van der Waals surface area contributed by atoms with Crippen LogP contribution in [0.4, 0.5) is 0 Å². The van der Waals surface area contributed by atoms with Crippen LogP contribution in [0.2, 0.25) is 0 Å². The lowest BCUT2D eigenvalue weighted by molar-refractivity contribution is -0.145. The summed E-state index contributed by atoms with van der Waals surface area (Å²) in [4.78, 5) is 12.3. The van der Waals surface area contributed by atoms with Crippen LogP contribution in [-0.4, -0.2) is 51.3 Å². The number of carbonyl (C=O) groups is 1. The molecular weight excluding hydrogens is 348 g/mol. The monoisotopic (exact) mass is 378 g/mol. The first-order chi connectivity index (χ1) is 12.9. The lowest BCUT2D eigenvalue weighted by atomic mass is 9.95. The maximum absolute atomic E-state index is 12.3. The summed E-state index contributed by atoms with van der Waals surface area (Å²) in [5, 5.41) is 12.8. The van der Waals surface area contributed by atoms with Gasteiger partial charge in [0.15, 0.2) is 5.79 Å². The maximum atomic E-state index is 12.3. The number of nitrogens with zero attached hydrogens (tertiary/aromatic N) is 1. The van der Waals surface area contributed by atoms with Crippen LogP contribution in [0.3, 0.4) is 0 Å². The van der Waals surface area contributed by atoms with Crippen molar-refractivity contribution in [3.05, 3.63) is 22.9 Å². The molecule has 7 nitrogen and oxygen atoms in total. The molecule has 1 saturated heterocycles. The molecular formula is C20H30N2O5. The predicted octanol–water partition coefficient (Wildman–Crippen LogP) is 2.59. The van der Waals surface area contributed by atoms with Gasteiger partial charge in [-0.25, -0.2) is 4.79 Å². The van der Waals surface area contributed by atoms with E-state index in [-0.39, 0.29) is 18.3 Å². The molecule has 2 aliphatic rings. The number of allylic oxidation sites excluding steroid dienone is 3. The standard InChI is InChI=1S/C20H30N2O5/c1-20(2)26-14-17(27-20)8-11-25-19(23)18(13-21)15-6-4-7-16(12-15)22-9-5-10-24-3/h12,17,22H,4-11,14H2,1-3H3/b18-15-. The molecule has 1 atom stereocenters. The minimum absolute atomic E-state index is 0.0924. The predicted molar refractivity (Wildman–Crippen MR) is 99.5 cm³/mol. The van der Waals surface area contributed by atoms with Crippen LogP contribution in [0.5, 0.6) is 0 Å². The van der Waals surface area contributed by atoms with Crippen LogP contribution >= 0.6 is 0 Å². The van der Waals surface area contributed by atoms with Gasteiger partial charge < -0.3 is 24.3 Å². The SMILES string of the molecule is COCCCNC1=C/C(=C(/C#N)C(=O)OCCC2COC(C)(C)O2)CCC1. The Bertz CT molecular complexity index is 618. The molecule has 0 aromatic rings. The molecule has 0 bridgehead atoms. The normalized spacial score (nSPS) is 23.3. The quantitative estimate of drug-likeness (QED) is 0.285. The van der Waals surface area contributed by atoms with Crippen molar-refractivity contribution < 1.29 is 23.7 Å². The van der Waals surface area contributed by atoms with E-state index in [4.69, 9.17) is 18.9 Å². The van der Waals surface area contributed by atoms with E-state index in [1.807, 2.05) is 26.0 Å². The Balaban J connectivity index is 1.87. The molecule has 27 heavy (non-hydrogen) atoms. The Morgan fingerprint density at radius 2 is 2.22 bits per heavy atom. The van der Waals surface area contributed by atoms with Gasteiger partial charge in [0.05, 0.1) is 19.3 Å². The Morgan fingerprint density at radius 1 is 1.41 bits per heavy atom. The number of esters is 1. The van der Waals surface area contributed by atoms with E-state index >= 15 is 0 Å². The highest BCUT2D eigenvalue weighted by molar-refractivity contribution is 5.94. The Labute approximate surface area is 161 Å². The molecule has 0 spiro atoms. The second kappa shape index (κ2) is 10.5. The van der Waals surface area contributed by atoms with Crippen LogP contribution < -0.4 is 5.32 Å². The van der Waals surface area contributed by atoms with Crippen molar-refractivity contribution in [1.82, 2.24) is 5.32 Å². The fourth-order valence-corrected chi connectivity index (χ4v) is 3.14. The third-order valence-corrected chi connectivity index (χ3v) is 4.50. The zero-order valence-corrected chi connectivity index (χ0v) is 16.5. The zero-order chi connectivity index (χ0) is 19.7. The van der Waals surface area contributed by atoms with Gasteiger partial charge in [-0.3, -0.25) is 0 Å². The third-order valence-electron chi connectivity index (χ3n) is 4.50. The van der Waals surface area contributed by atoms with E-state index in [1.165, 1.54) is 0 Å². The van der Waals surface area contributed by atoms with E-state index in [0.29, 0.717) is 26.1 Å². The zero-order valence-electron chi connectivity index (χ0n) is 16.5. The first-order valence-electron chi connectivity index (χ1n) is 9.50. The van der Waals surface area contributed by atoms with Crippen molar-refractivity contribution >= 4 is 5.97 Å².